The van der Waals surface area contributed by atoms with Gasteiger partial charge < -0.3 is 20.1 Å². The van der Waals surface area contributed by atoms with Crippen molar-refractivity contribution in [2.75, 3.05) is 19.0 Å². The molecule has 0 aliphatic carbocycles. The summed E-state index contributed by atoms with van der Waals surface area (Å²) in [6, 6.07) is 10.8. The Kier molecular flexibility index (Phi) is 8.14. The highest BCUT2D eigenvalue weighted by atomic mass is 35.5. The topological polar surface area (TPSA) is 83.4 Å². The second-order valence-electron chi connectivity index (χ2n) is 6.79. The van der Waals surface area contributed by atoms with Gasteiger partial charge in [-0.15, -0.1) is 0 Å². The van der Waals surface area contributed by atoms with Gasteiger partial charge in [0.05, 0.1) is 25.4 Å². The molecule has 158 valence electrons. The molecule has 0 bridgehead atoms. The minimum atomic E-state index is -0.494. The van der Waals surface area contributed by atoms with Gasteiger partial charge in [-0.3, -0.25) is 4.79 Å². The Morgan fingerprint density at radius 3 is 2.63 bits per heavy atom. The fourth-order valence-electron chi connectivity index (χ4n) is 2.89. The largest absolute Gasteiger partial charge is 0.495 e. The molecule has 0 aliphatic rings. The highest BCUT2D eigenvalue weighted by Crippen LogP contribution is 2.31. The molecule has 2 rings (SSSR count). The molecule has 0 heterocycles. The number of nitrogens with zero attached hydrogens (tertiary/aromatic N) is 1. The number of aryl methyl sites for hydroxylation is 2. The molecular weight excluding hydrogens is 402 g/mol. The molecule has 0 aliphatic heterocycles. The van der Waals surface area contributed by atoms with E-state index in [1.807, 2.05) is 52.0 Å². The van der Waals surface area contributed by atoms with Crippen LogP contribution < -0.4 is 20.1 Å². The zero-order valence-corrected chi connectivity index (χ0v) is 18.6. The Morgan fingerprint density at radius 1 is 1.27 bits per heavy atom. The summed E-state index contributed by atoms with van der Waals surface area (Å²) in [6.07, 6.45) is 1.35. The Bertz CT molecular complexity index is 996. The van der Waals surface area contributed by atoms with Gasteiger partial charge in [0, 0.05) is 22.9 Å². The average Bonchev–Trinajstić information content (AvgIpc) is 2.72. The summed E-state index contributed by atoms with van der Waals surface area (Å²) in [5, 5.41) is 15.9. The van der Waals surface area contributed by atoms with Gasteiger partial charge in [0.15, 0.2) is 0 Å². The fourth-order valence-corrected chi connectivity index (χ4v) is 3.04. The molecule has 0 spiro atoms. The van der Waals surface area contributed by atoms with Crippen LogP contribution in [0.1, 0.15) is 36.6 Å². The number of nitriles is 1. The third-order valence-corrected chi connectivity index (χ3v) is 4.90. The molecule has 2 N–H and O–H groups in total. The van der Waals surface area contributed by atoms with Crippen molar-refractivity contribution in [3.63, 3.8) is 0 Å². The summed E-state index contributed by atoms with van der Waals surface area (Å²) in [6.45, 7) is 8.10. The number of benzene rings is 2. The molecule has 1 atom stereocenters. The van der Waals surface area contributed by atoms with Crippen LogP contribution >= 0.6 is 11.6 Å². The van der Waals surface area contributed by atoms with E-state index in [9.17, 15) is 10.1 Å². The second kappa shape index (κ2) is 10.6. The van der Waals surface area contributed by atoms with E-state index in [2.05, 4.69) is 10.6 Å². The predicted molar refractivity (Wildman–Crippen MR) is 119 cm³/mol. The van der Waals surface area contributed by atoms with Crippen molar-refractivity contribution in [3.05, 3.63) is 63.8 Å². The van der Waals surface area contributed by atoms with Crippen LogP contribution in [0.3, 0.4) is 0 Å². The lowest BCUT2D eigenvalue weighted by atomic mass is 10.0. The SMILES string of the molecule is CCOc1ccc(C)cc1C(C)NC(=O)/C(C#N)=C\Nc1cc(C)c(Cl)cc1OC. The van der Waals surface area contributed by atoms with Crippen molar-refractivity contribution in [3.8, 4) is 17.6 Å². The standard InChI is InChI=1S/C23H26ClN3O3/c1-6-30-21-8-7-14(2)9-18(21)16(4)27-23(28)17(12-25)13-26-20-10-15(3)19(24)11-22(20)29-5/h7-11,13,16,26H,6H2,1-5H3,(H,27,28)/b17-13-. The number of halogens is 1. The fraction of sp³-hybridized carbons (Fsp3) is 0.304. The lowest BCUT2D eigenvalue weighted by Crippen LogP contribution is -2.28. The Balaban J connectivity index is 2.20. The number of amides is 1. The summed E-state index contributed by atoms with van der Waals surface area (Å²) in [5.74, 6) is 0.720. The molecule has 2 aromatic rings. The summed E-state index contributed by atoms with van der Waals surface area (Å²) in [5.41, 5.74) is 3.28. The van der Waals surface area contributed by atoms with Gasteiger partial charge in [-0.25, -0.2) is 0 Å². The minimum Gasteiger partial charge on any atom is -0.495 e. The summed E-state index contributed by atoms with van der Waals surface area (Å²) < 4.78 is 11.0. The third kappa shape index (κ3) is 5.68. The van der Waals surface area contributed by atoms with Crippen LogP contribution in [0.2, 0.25) is 5.02 Å². The first-order chi connectivity index (χ1) is 14.3. The number of carbonyl (C=O) groups excluding carboxylic acids is 1. The van der Waals surface area contributed by atoms with Crippen LogP contribution in [0.4, 0.5) is 5.69 Å². The molecule has 0 saturated heterocycles. The zero-order valence-electron chi connectivity index (χ0n) is 17.8. The molecule has 0 aromatic heterocycles. The maximum Gasteiger partial charge on any atom is 0.263 e. The van der Waals surface area contributed by atoms with Crippen molar-refractivity contribution in [2.24, 2.45) is 0 Å². The number of hydrogen-bond donors (Lipinski definition) is 2. The lowest BCUT2D eigenvalue weighted by molar-refractivity contribution is -0.117. The maximum absolute atomic E-state index is 12.7. The van der Waals surface area contributed by atoms with Gasteiger partial charge in [0.2, 0.25) is 0 Å². The number of rotatable bonds is 8. The van der Waals surface area contributed by atoms with Gasteiger partial charge in [-0.2, -0.15) is 5.26 Å². The molecule has 30 heavy (non-hydrogen) atoms. The number of hydrogen-bond acceptors (Lipinski definition) is 5. The van der Waals surface area contributed by atoms with Gasteiger partial charge in [0.25, 0.3) is 5.91 Å². The normalized spacial score (nSPS) is 12.0. The maximum atomic E-state index is 12.7. The monoisotopic (exact) mass is 427 g/mol. The molecule has 2 aromatic carbocycles. The molecule has 1 unspecified atom stereocenters. The van der Waals surface area contributed by atoms with E-state index in [0.717, 1.165) is 16.7 Å². The number of anilines is 1. The van der Waals surface area contributed by atoms with Crippen LogP contribution in [0.5, 0.6) is 11.5 Å². The van der Waals surface area contributed by atoms with Crippen molar-refractivity contribution in [2.45, 2.75) is 33.7 Å². The van der Waals surface area contributed by atoms with Crippen LogP contribution in [-0.2, 0) is 4.79 Å². The summed E-state index contributed by atoms with van der Waals surface area (Å²) >= 11 is 6.12. The van der Waals surface area contributed by atoms with E-state index in [1.165, 1.54) is 13.3 Å². The van der Waals surface area contributed by atoms with Gasteiger partial charge in [0.1, 0.15) is 23.1 Å². The van der Waals surface area contributed by atoms with Crippen molar-refractivity contribution in [1.29, 1.82) is 5.26 Å². The van der Waals surface area contributed by atoms with Crippen LogP contribution in [0.25, 0.3) is 0 Å². The highest BCUT2D eigenvalue weighted by molar-refractivity contribution is 6.31. The Morgan fingerprint density at radius 2 is 2.00 bits per heavy atom. The van der Waals surface area contributed by atoms with Gasteiger partial charge >= 0.3 is 0 Å². The van der Waals surface area contributed by atoms with Crippen molar-refractivity contribution < 1.29 is 14.3 Å². The first-order valence-electron chi connectivity index (χ1n) is 9.55. The van der Waals surface area contributed by atoms with Gasteiger partial charge in [-0.05, 0) is 45.4 Å². The van der Waals surface area contributed by atoms with E-state index in [0.29, 0.717) is 28.8 Å². The molecule has 6 nitrogen and oxygen atoms in total. The van der Waals surface area contributed by atoms with Crippen molar-refractivity contribution >= 4 is 23.2 Å². The highest BCUT2D eigenvalue weighted by Gasteiger charge is 2.17. The smallest absolute Gasteiger partial charge is 0.263 e. The Hall–Kier alpha value is -3.17. The van der Waals surface area contributed by atoms with Crippen molar-refractivity contribution in [1.82, 2.24) is 5.32 Å². The predicted octanol–water partition coefficient (Wildman–Crippen LogP) is 5.06. The third-order valence-electron chi connectivity index (χ3n) is 4.50. The van der Waals surface area contributed by atoms with Crippen LogP contribution in [-0.4, -0.2) is 19.6 Å². The molecule has 1 amide bonds. The minimum absolute atomic E-state index is 0.0675. The van der Waals surface area contributed by atoms with E-state index in [4.69, 9.17) is 21.1 Å². The molecular formula is C23H26ClN3O3. The van der Waals surface area contributed by atoms with Crippen LogP contribution in [0, 0.1) is 25.2 Å². The number of ether oxygens (including phenoxy) is 2. The summed E-state index contributed by atoms with van der Waals surface area (Å²) in [7, 11) is 1.52. The first kappa shape index (κ1) is 23.1. The van der Waals surface area contributed by atoms with E-state index < -0.39 is 5.91 Å². The van der Waals surface area contributed by atoms with E-state index >= 15 is 0 Å². The summed E-state index contributed by atoms with van der Waals surface area (Å²) in [4.78, 5) is 12.7. The number of carbonyl (C=O) groups is 1. The second-order valence-corrected chi connectivity index (χ2v) is 7.19. The molecule has 0 fully saturated rings. The number of nitrogens with one attached hydrogen (secondary N) is 2. The lowest BCUT2D eigenvalue weighted by Gasteiger charge is -2.18. The zero-order chi connectivity index (χ0) is 22.3. The van der Waals surface area contributed by atoms with E-state index in [-0.39, 0.29) is 11.6 Å². The average molecular weight is 428 g/mol. The number of methoxy groups -OCH3 is 1. The molecule has 7 heteroatoms. The van der Waals surface area contributed by atoms with E-state index in [1.54, 1.807) is 12.1 Å². The van der Waals surface area contributed by atoms with Gasteiger partial charge in [-0.1, -0.05) is 29.3 Å². The molecule has 0 radical (unpaired) electrons. The quantitative estimate of drug-likeness (QED) is 0.454. The Labute approximate surface area is 182 Å². The first-order valence-corrected chi connectivity index (χ1v) is 9.93. The van der Waals surface area contributed by atoms with Crippen LogP contribution in [0.15, 0.2) is 42.1 Å². The molecule has 0 saturated carbocycles.